The summed E-state index contributed by atoms with van der Waals surface area (Å²) in [7, 11) is 0. The molecule has 2 aliphatic heterocycles. The van der Waals surface area contributed by atoms with Crippen molar-refractivity contribution in [2.24, 2.45) is 0 Å². The first-order valence-corrected chi connectivity index (χ1v) is 34.8. The van der Waals surface area contributed by atoms with Crippen molar-refractivity contribution in [2.45, 2.75) is 52.4 Å². The molecule has 0 fully saturated rings. The number of para-hydroxylation sites is 4. The van der Waals surface area contributed by atoms with Crippen LogP contribution < -0.4 is 26.2 Å². The van der Waals surface area contributed by atoms with Crippen LogP contribution in [0.3, 0.4) is 0 Å². The third-order valence-corrected chi connectivity index (χ3v) is 21.3. The number of benzene rings is 14. The fourth-order valence-corrected chi connectivity index (χ4v) is 16.5. The third kappa shape index (κ3) is 9.19. The van der Waals surface area contributed by atoms with Crippen LogP contribution in [0.1, 0.15) is 70.7 Å². The molecule has 0 saturated carbocycles. The molecule has 2 aliphatic rings. The van der Waals surface area contributed by atoms with Gasteiger partial charge in [0.05, 0.1) is 62.6 Å². The van der Waals surface area contributed by atoms with Crippen LogP contribution >= 0.6 is 0 Å². The van der Waals surface area contributed by atoms with Crippen molar-refractivity contribution in [2.75, 3.05) is 9.80 Å². The lowest BCUT2D eigenvalue weighted by Crippen LogP contribution is -2.61. The summed E-state index contributed by atoms with van der Waals surface area (Å²) in [4.78, 5) is 4.60. The van der Waals surface area contributed by atoms with E-state index >= 15 is 0 Å². The molecular weight excluding hydrogens is 1240 g/mol. The zero-order valence-corrected chi connectivity index (χ0v) is 57.2. The van der Waals surface area contributed by atoms with Gasteiger partial charge >= 0.3 is 0 Å². The van der Waals surface area contributed by atoms with Crippen molar-refractivity contribution in [1.82, 2.24) is 13.7 Å². The van der Waals surface area contributed by atoms with Crippen molar-refractivity contribution >= 4 is 123 Å². The van der Waals surface area contributed by atoms with E-state index in [1.165, 1.54) is 11.1 Å². The molecule has 102 heavy (non-hydrogen) atoms. The first kappa shape index (κ1) is 55.1. The van der Waals surface area contributed by atoms with Crippen molar-refractivity contribution in [1.29, 1.82) is 10.5 Å². The van der Waals surface area contributed by atoms with Gasteiger partial charge in [-0.25, -0.2) is 0 Å². The maximum Gasteiger partial charge on any atom is 0.252 e. The largest absolute Gasteiger partial charge is 0.311 e. The van der Waals surface area contributed by atoms with E-state index in [1.807, 2.05) is 54.6 Å². The summed E-state index contributed by atoms with van der Waals surface area (Å²) >= 11 is 0. The molecule has 5 heterocycles. The molecule has 3 aromatic heterocycles. The van der Waals surface area contributed by atoms with Crippen LogP contribution in [0.15, 0.2) is 303 Å². The number of hydrogen-bond acceptors (Lipinski definition) is 4. The lowest BCUT2D eigenvalue weighted by Gasteiger charge is -2.45. The lowest BCUT2D eigenvalue weighted by molar-refractivity contribution is 0.590. The Morgan fingerprint density at radius 2 is 0.794 bits per heavy atom. The van der Waals surface area contributed by atoms with Gasteiger partial charge in [-0.15, -0.1) is 0 Å². The number of nitrogens with zero attached hydrogens (tertiary/aromatic N) is 7. The highest BCUT2D eigenvalue weighted by Gasteiger charge is 2.45. The Balaban J connectivity index is 0.968. The molecule has 7 nitrogen and oxygen atoms in total. The van der Waals surface area contributed by atoms with Gasteiger partial charge in [-0.05, 0) is 181 Å². The summed E-state index contributed by atoms with van der Waals surface area (Å²) in [5, 5.41) is 30.3. The molecule has 0 N–H and O–H groups in total. The smallest absolute Gasteiger partial charge is 0.252 e. The average Bonchev–Trinajstić information content (AvgIpc) is 0.995. The van der Waals surface area contributed by atoms with Gasteiger partial charge < -0.3 is 23.5 Å². The van der Waals surface area contributed by atoms with E-state index in [-0.39, 0.29) is 28.5 Å². The van der Waals surface area contributed by atoms with E-state index in [0.29, 0.717) is 39.4 Å². The zero-order chi connectivity index (χ0) is 73.2. The Kier molecular flexibility index (Phi) is 12.3. The van der Waals surface area contributed by atoms with E-state index in [4.69, 9.17) is 4.11 Å². The molecule has 0 unspecified atom stereocenters. The first-order chi connectivity index (χ1) is 51.9. The predicted molar refractivity (Wildman–Crippen MR) is 427 cm³/mol. The van der Waals surface area contributed by atoms with Crippen molar-refractivity contribution in [3.8, 4) is 62.6 Å². The van der Waals surface area contributed by atoms with Gasteiger partial charge in [-0.2, -0.15) is 10.5 Å². The summed E-state index contributed by atoms with van der Waals surface area (Å²) < 4.78 is 52.7. The van der Waals surface area contributed by atoms with Crippen LogP contribution in [-0.2, 0) is 10.8 Å². The van der Waals surface area contributed by atoms with Gasteiger partial charge in [0.2, 0.25) is 0 Å². The first-order valence-electron chi connectivity index (χ1n) is 37.3. The number of hydrogen-bond donors (Lipinski definition) is 0. The van der Waals surface area contributed by atoms with Crippen molar-refractivity contribution < 1.29 is 6.85 Å². The second-order valence-corrected chi connectivity index (χ2v) is 29.1. The van der Waals surface area contributed by atoms with Gasteiger partial charge in [-0.3, -0.25) is 0 Å². The van der Waals surface area contributed by atoms with E-state index in [2.05, 4.69) is 296 Å². The van der Waals surface area contributed by atoms with E-state index in [9.17, 15) is 13.3 Å². The van der Waals surface area contributed by atoms with Crippen LogP contribution in [0.5, 0.6) is 0 Å². The molecule has 0 aliphatic carbocycles. The molecule has 0 saturated heterocycles. The van der Waals surface area contributed by atoms with Crippen LogP contribution in [0.4, 0.5) is 34.1 Å². The molecule has 19 rings (SSSR count). The fraction of sp³-hybridized carbons (Fsp3) is 0.0851. The Bertz CT molecular complexity index is 6590. The predicted octanol–water partition coefficient (Wildman–Crippen LogP) is 22.4. The van der Waals surface area contributed by atoms with E-state index < -0.39 is 24.8 Å². The Hall–Kier alpha value is -12.9. The van der Waals surface area contributed by atoms with Gasteiger partial charge in [0.1, 0.15) is 17.7 Å². The highest BCUT2D eigenvalue weighted by molar-refractivity contribution is 7.00. The second kappa shape index (κ2) is 22.8. The van der Waals surface area contributed by atoms with Gasteiger partial charge in [0.25, 0.3) is 6.71 Å². The molecule has 0 spiro atoms. The second-order valence-electron chi connectivity index (χ2n) is 29.1. The number of nitriles is 2. The Morgan fingerprint density at radius 3 is 1.36 bits per heavy atom. The Morgan fingerprint density at radius 1 is 0.324 bits per heavy atom. The summed E-state index contributed by atoms with van der Waals surface area (Å²) in [6.07, 6.45) is 0. The van der Waals surface area contributed by atoms with Crippen molar-refractivity contribution in [3.63, 3.8) is 0 Å². The monoisotopic (exact) mass is 1310 g/mol. The minimum absolute atomic E-state index is 0.0732. The van der Waals surface area contributed by atoms with Crippen molar-refractivity contribution in [3.05, 3.63) is 325 Å². The summed E-state index contributed by atoms with van der Waals surface area (Å²) in [5.41, 5.74) is 22.9. The molecule has 0 amide bonds. The van der Waals surface area contributed by atoms with Gasteiger partial charge in [-0.1, -0.05) is 236 Å². The maximum atomic E-state index is 12.4. The van der Waals surface area contributed by atoms with Gasteiger partial charge in [0.15, 0.2) is 0 Å². The highest BCUT2D eigenvalue weighted by atomic mass is 15.2. The molecule has 0 atom stereocenters. The fourth-order valence-electron chi connectivity index (χ4n) is 16.5. The molecule has 17 aromatic rings. The summed E-state index contributed by atoms with van der Waals surface area (Å²) in [6, 6.07) is 99.2. The minimum atomic E-state index is -0.540. The van der Waals surface area contributed by atoms with Crippen LogP contribution in [0.25, 0.3) is 116 Å². The minimum Gasteiger partial charge on any atom is -0.311 e. The topological polar surface area (TPSA) is 68.8 Å². The van der Waals surface area contributed by atoms with E-state index in [0.717, 1.165) is 132 Å². The number of aromatic nitrogens is 3. The molecule has 0 radical (unpaired) electrons. The third-order valence-electron chi connectivity index (χ3n) is 21.3. The van der Waals surface area contributed by atoms with Crippen LogP contribution in [-0.4, -0.2) is 20.4 Å². The number of fused-ring (bicyclic) bond motifs is 13. The van der Waals surface area contributed by atoms with E-state index in [1.54, 1.807) is 0 Å². The number of rotatable bonds is 8. The quantitative estimate of drug-likeness (QED) is 0.142. The molecule has 8 heteroatoms. The summed E-state index contributed by atoms with van der Waals surface area (Å²) in [5.74, 6) is 0. The maximum absolute atomic E-state index is 12.4. The Labute approximate surface area is 600 Å². The molecule has 482 valence electrons. The molecule has 0 bridgehead atoms. The average molecular weight is 1310 g/mol. The van der Waals surface area contributed by atoms with Crippen LogP contribution in [0, 0.1) is 22.7 Å². The van der Waals surface area contributed by atoms with Gasteiger partial charge in [0, 0.05) is 66.4 Å². The number of anilines is 6. The zero-order valence-electron chi connectivity index (χ0n) is 62.2. The highest BCUT2D eigenvalue weighted by Crippen LogP contribution is 2.51. The standard InChI is InChI=1S/C94H68BN7/c1-93(2,3)64-42-48-85-74(53-64)75-54-65(94(4,5)6)43-49-86(75)98(85)67-45-47-78-89(56-67)102(84-39-23-38-83(76(84)58-97)100-79-34-19-15-30-70(79)71-31-16-20-35-80(71)100)91-52-63(69-29-14-13-28-68(69)60-26-11-8-12-27-60)51-90-92(91)95(78)77-46-41-61(59-24-9-7-10-25-59)50-88(77)99(90)66-44-40-62(57-96)87(55-66)101-81-36-21-17-32-72(81)73-33-18-22-37-82(73)101/h7-56H,1-6H3/i7D,9D,10D,24D,25D. The molecule has 14 aromatic carbocycles. The molecular formula is C94H68BN7. The van der Waals surface area contributed by atoms with Crippen LogP contribution in [0.2, 0.25) is 0 Å². The normalized spacial score (nSPS) is 13.4. The SMILES string of the molecule is [2H]c1c([2H])c([2H])c(-c2ccc3c(c2)N(c2ccc(C#N)c(-n4c5ccccc5c5ccccc54)c2)c2cc(-c4ccccc4-c4ccccc4)cc4c2B3c2ccc(-n3c5ccc(C(C)(C)C)cc5c5cc(C(C)(C)C)ccc53)cc2N4c2cccc(-n3c4ccccc4c4ccccc43)c2C#N)c([2H])c1[2H]. The lowest BCUT2D eigenvalue weighted by atomic mass is 9.33. The summed E-state index contributed by atoms with van der Waals surface area (Å²) in [6.45, 7) is 13.0.